The van der Waals surface area contributed by atoms with Crippen molar-refractivity contribution < 1.29 is 9.13 Å². The molecule has 0 bridgehead atoms. The topological polar surface area (TPSA) is 76.6 Å². The summed E-state index contributed by atoms with van der Waals surface area (Å²) in [6, 6.07) is 22.5. The minimum atomic E-state index is -0.307. The Labute approximate surface area is 184 Å². The maximum atomic E-state index is 13.8. The van der Waals surface area contributed by atoms with Crippen LogP contribution in [-0.2, 0) is 13.0 Å². The van der Waals surface area contributed by atoms with Crippen LogP contribution in [0.3, 0.4) is 0 Å². The number of aromatic amines is 1. The standard InChI is InChI=1S/C25H20FN5O/c1-2-19-14-24(22-13-18(26)11-12-23(22)27-19)32-15-16-7-9-17(10-8-16)20-5-3-4-6-21(20)25-28-30-31-29-25/h3-14H,2,15H2,1H3,(H,28,29,30,31). The zero-order valence-corrected chi connectivity index (χ0v) is 17.4. The van der Waals surface area contributed by atoms with Crippen LogP contribution >= 0.6 is 0 Å². The molecule has 0 amide bonds. The molecule has 6 nitrogen and oxygen atoms in total. The van der Waals surface area contributed by atoms with Gasteiger partial charge in [0.25, 0.3) is 0 Å². The minimum absolute atomic E-state index is 0.307. The average Bonchev–Trinajstić information content (AvgIpc) is 3.38. The summed E-state index contributed by atoms with van der Waals surface area (Å²) in [6.07, 6.45) is 0.776. The van der Waals surface area contributed by atoms with Gasteiger partial charge >= 0.3 is 0 Å². The molecule has 0 atom stereocenters. The molecule has 1 N–H and O–H groups in total. The molecular weight excluding hydrogens is 405 g/mol. The lowest BCUT2D eigenvalue weighted by Crippen LogP contribution is -1.99. The molecule has 2 heterocycles. The number of hydrogen-bond donors (Lipinski definition) is 1. The van der Waals surface area contributed by atoms with E-state index in [0.717, 1.165) is 39.9 Å². The molecule has 5 rings (SSSR count). The van der Waals surface area contributed by atoms with Crippen molar-refractivity contribution >= 4 is 10.9 Å². The monoisotopic (exact) mass is 425 g/mol. The maximum Gasteiger partial charge on any atom is 0.205 e. The van der Waals surface area contributed by atoms with Gasteiger partial charge in [-0.25, -0.2) is 4.39 Å². The highest BCUT2D eigenvalue weighted by Crippen LogP contribution is 2.31. The van der Waals surface area contributed by atoms with E-state index in [1.807, 2.05) is 61.5 Å². The van der Waals surface area contributed by atoms with Crippen LogP contribution in [-0.4, -0.2) is 25.6 Å². The third-order valence-corrected chi connectivity index (χ3v) is 5.32. The predicted octanol–water partition coefficient (Wildman–Crippen LogP) is 5.36. The first-order valence-corrected chi connectivity index (χ1v) is 10.4. The Bertz CT molecular complexity index is 1370. The fourth-order valence-corrected chi connectivity index (χ4v) is 3.67. The lowest BCUT2D eigenvalue weighted by Gasteiger charge is -2.12. The predicted molar refractivity (Wildman–Crippen MR) is 120 cm³/mol. The molecule has 0 saturated heterocycles. The minimum Gasteiger partial charge on any atom is -0.488 e. The molecule has 0 aliphatic heterocycles. The zero-order chi connectivity index (χ0) is 21.9. The normalized spacial score (nSPS) is 11.1. The number of H-pyrrole nitrogens is 1. The number of nitrogens with zero attached hydrogens (tertiary/aromatic N) is 4. The van der Waals surface area contributed by atoms with Gasteiger partial charge in [-0.2, -0.15) is 5.21 Å². The molecule has 0 saturated carbocycles. The van der Waals surface area contributed by atoms with E-state index < -0.39 is 0 Å². The Morgan fingerprint density at radius 2 is 1.75 bits per heavy atom. The van der Waals surface area contributed by atoms with Crippen LogP contribution in [0.4, 0.5) is 4.39 Å². The Morgan fingerprint density at radius 3 is 2.50 bits per heavy atom. The molecule has 5 aromatic rings. The van der Waals surface area contributed by atoms with Gasteiger partial charge in [-0.3, -0.25) is 4.98 Å². The molecule has 3 aromatic carbocycles. The molecule has 0 unspecified atom stereocenters. The summed E-state index contributed by atoms with van der Waals surface area (Å²) in [5, 5.41) is 15.0. The fourth-order valence-electron chi connectivity index (χ4n) is 3.67. The van der Waals surface area contributed by atoms with Crippen molar-refractivity contribution in [3.63, 3.8) is 0 Å². The molecule has 0 fully saturated rings. The molecule has 0 aliphatic carbocycles. The highest BCUT2D eigenvalue weighted by molar-refractivity contribution is 5.85. The summed E-state index contributed by atoms with van der Waals surface area (Å²) >= 11 is 0. The van der Waals surface area contributed by atoms with Crippen LogP contribution in [0.1, 0.15) is 18.2 Å². The van der Waals surface area contributed by atoms with Crippen molar-refractivity contribution in [2.45, 2.75) is 20.0 Å². The van der Waals surface area contributed by atoms with E-state index in [9.17, 15) is 4.39 Å². The third-order valence-electron chi connectivity index (χ3n) is 5.32. The summed E-state index contributed by atoms with van der Waals surface area (Å²) in [5.41, 5.74) is 5.61. The number of nitrogens with one attached hydrogen (secondary N) is 1. The molecule has 158 valence electrons. The Morgan fingerprint density at radius 1 is 0.938 bits per heavy atom. The molecule has 32 heavy (non-hydrogen) atoms. The van der Waals surface area contributed by atoms with Crippen LogP contribution in [0.25, 0.3) is 33.4 Å². The summed E-state index contributed by atoms with van der Waals surface area (Å²) in [5.74, 6) is 0.882. The molecule has 2 aromatic heterocycles. The second kappa shape index (κ2) is 8.55. The van der Waals surface area contributed by atoms with Gasteiger partial charge in [0.2, 0.25) is 5.82 Å². The first-order valence-electron chi connectivity index (χ1n) is 10.4. The van der Waals surface area contributed by atoms with Gasteiger partial charge in [0.15, 0.2) is 0 Å². The van der Waals surface area contributed by atoms with Gasteiger partial charge < -0.3 is 4.74 Å². The van der Waals surface area contributed by atoms with E-state index in [1.165, 1.54) is 12.1 Å². The number of benzene rings is 3. The SMILES string of the molecule is CCc1cc(OCc2ccc(-c3ccccc3-c3nn[nH]n3)cc2)c2cc(F)ccc2n1. The number of tetrazole rings is 1. The molecule has 0 spiro atoms. The number of aromatic nitrogens is 5. The van der Waals surface area contributed by atoms with Gasteiger partial charge in [-0.15, -0.1) is 10.2 Å². The summed E-state index contributed by atoms with van der Waals surface area (Å²) in [6.45, 7) is 2.40. The second-order valence-corrected chi connectivity index (χ2v) is 7.39. The van der Waals surface area contributed by atoms with Crippen molar-refractivity contribution in [2.75, 3.05) is 0 Å². The smallest absolute Gasteiger partial charge is 0.205 e. The largest absolute Gasteiger partial charge is 0.488 e. The van der Waals surface area contributed by atoms with Crippen LogP contribution in [0.5, 0.6) is 5.75 Å². The Balaban J connectivity index is 1.40. The van der Waals surface area contributed by atoms with Crippen LogP contribution in [0, 0.1) is 5.82 Å². The number of rotatable bonds is 6. The Kier molecular flexibility index (Phi) is 5.29. The van der Waals surface area contributed by atoms with Crippen molar-refractivity contribution in [1.82, 2.24) is 25.6 Å². The number of fused-ring (bicyclic) bond motifs is 1. The molecule has 0 radical (unpaired) electrons. The van der Waals surface area contributed by atoms with E-state index >= 15 is 0 Å². The van der Waals surface area contributed by atoms with E-state index in [4.69, 9.17) is 4.74 Å². The van der Waals surface area contributed by atoms with E-state index in [1.54, 1.807) is 6.07 Å². The van der Waals surface area contributed by atoms with Crippen molar-refractivity contribution in [1.29, 1.82) is 0 Å². The van der Waals surface area contributed by atoms with Gasteiger partial charge in [0.05, 0.1) is 5.52 Å². The van der Waals surface area contributed by atoms with E-state index in [2.05, 4.69) is 25.6 Å². The second-order valence-electron chi connectivity index (χ2n) is 7.39. The molecular formula is C25H20FN5O. The van der Waals surface area contributed by atoms with Crippen LogP contribution in [0.2, 0.25) is 0 Å². The molecule has 0 aliphatic rings. The lowest BCUT2D eigenvalue weighted by atomic mass is 9.98. The highest BCUT2D eigenvalue weighted by Gasteiger charge is 2.11. The first-order chi connectivity index (χ1) is 15.7. The van der Waals surface area contributed by atoms with Gasteiger partial charge in [-0.1, -0.05) is 55.5 Å². The third kappa shape index (κ3) is 3.92. The fraction of sp³-hybridized carbons (Fsp3) is 0.120. The summed E-state index contributed by atoms with van der Waals surface area (Å²) in [7, 11) is 0. The maximum absolute atomic E-state index is 13.8. The van der Waals surface area contributed by atoms with E-state index in [0.29, 0.717) is 23.6 Å². The van der Waals surface area contributed by atoms with Crippen molar-refractivity contribution in [3.8, 4) is 28.3 Å². The van der Waals surface area contributed by atoms with Gasteiger partial charge in [-0.05, 0) is 46.5 Å². The van der Waals surface area contributed by atoms with Gasteiger partial charge in [0, 0.05) is 22.7 Å². The zero-order valence-electron chi connectivity index (χ0n) is 17.4. The lowest BCUT2D eigenvalue weighted by molar-refractivity contribution is 0.309. The van der Waals surface area contributed by atoms with Crippen LogP contribution < -0.4 is 4.74 Å². The number of ether oxygens (including phenoxy) is 1. The van der Waals surface area contributed by atoms with E-state index in [-0.39, 0.29) is 5.82 Å². The average molecular weight is 425 g/mol. The van der Waals surface area contributed by atoms with Crippen molar-refractivity contribution in [3.05, 3.63) is 89.9 Å². The molecule has 7 heteroatoms. The number of hydrogen-bond acceptors (Lipinski definition) is 5. The first kappa shape index (κ1) is 19.8. The quantitative estimate of drug-likeness (QED) is 0.396. The Hall–Kier alpha value is -4.13. The summed E-state index contributed by atoms with van der Waals surface area (Å²) in [4.78, 5) is 4.56. The number of pyridine rings is 1. The van der Waals surface area contributed by atoms with Crippen LogP contribution in [0.15, 0.2) is 72.8 Å². The van der Waals surface area contributed by atoms with Crippen molar-refractivity contribution in [2.24, 2.45) is 0 Å². The summed E-state index contributed by atoms with van der Waals surface area (Å²) < 4.78 is 19.9. The highest BCUT2D eigenvalue weighted by atomic mass is 19.1. The number of aryl methyl sites for hydroxylation is 1. The number of halogens is 1. The van der Waals surface area contributed by atoms with Gasteiger partial charge in [0.1, 0.15) is 18.2 Å².